The molecule has 0 aliphatic heterocycles. The molecule has 0 saturated heterocycles. The van der Waals surface area contributed by atoms with Crippen molar-refractivity contribution in [3.63, 3.8) is 0 Å². The van der Waals surface area contributed by atoms with Gasteiger partial charge in [-0.05, 0) is 40.3 Å². The average molecular weight is 436 g/mol. The third kappa shape index (κ3) is 2.54. The molecule has 1 atom stereocenters. The highest BCUT2D eigenvalue weighted by molar-refractivity contribution is 5.87. The summed E-state index contributed by atoms with van der Waals surface area (Å²) in [6, 6.07) is 8.15. The van der Waals surface area contributed by atoms with Crippen molar-refractivity contribution in [3.05, 3.63) is 106 Å². The molecule has 0 amide bonds. The van der Waals surface area contributed by atoms with Crippen molar-refractivity contribution in [3.8, 4) is 11.1 Å². The van der Waals surface area contributed by atoms with Crippen LogP contribution in [0, 0.1) is 46.5 Å². The summed E-state index contributed by atoms with van der Waals surface area (Å²) in [5.41, 5.74) is -0.920. The Hall–Kier alpha value is -3.42. The molecule has 0 aromatic heterocycles. The van der Waals surface area contributed by atoms with E-state index >= 15 is 0 Å². The molecule has 0 radical (unpaired) electrons. The molecule has 0 fully saturated rings. The van der Waals surface area contributed by atoms with Crippen molar-refractivity contribution < 1.29 is 35.1 Å². The van der Waals surface area contributed by atoms with Crippen molar-refractivity contribution in [2.24, 2.45) is 0 Å². The smallest absolute Gasteiger partial charge is 0.198 e. The van der Waals surface area contributed by atoms with Crippen LogP contribution >= 0.6 is 0 Å². The van der Waals surface area contributed by atoms with Gasteiger partial charge >= 0.3 is 0 Å². The molecule has 4 aromatic carbocycles. The molecular formula is C23H8F8. The Labute approximate surface area is 169 Å². The van der Waals surface area contributed by atoms with Gasteiger partial charge < -0.3 is 0 Å². The molecule has 1 aliphatic carbocycles. The summed E-state index contributed by atoms with van der Waals surface area (Å²) in [5.74, 6) is -15.0. The van der Waals surface area contributed by atoms with E-state index in [-0.39, 0.29) is 22.1 Å². The van der Waals surface area contributed by atoms with Gasteiger partial charge in [0, 0.05) is 17.0 Å². The SMILES string of the molecule is Fc1cc2cc(C3c4ccccc4-c4c(F)c(F)c(F)c(F)c43)cc(F)c2c(F)c1F. The molecule has 0 bridgehead atoms. The van der Waals surface area contributed by atoms with Crippen molar-refractivity contribution >= 4 is 10.8 Å². The predicted octanol–water partition coefficient (Wildman–Crippen LogP) is 7.11. The first kappa shape index (κ1) is 19.5. The molecule has 5 rings (SSSR count). The second-order valence-corrected chi connectivity index (χ2v) is 7.15. The van der Waals surface area contributed by atoms with Crippen molar-refractivity contribution in [2.75, 3.05) is 0 Å². The van der Waals surface area contributed by atoms with E-state index < -0.39 is 69.0 Å². The van der Waals surface area contributed by atoms with E-state index in [4.69, 9.17) is 0 Å². The predicted molar refractivity (Wildman–Crippen MR) is 96.4 cm³/mol. The van der Waals surface area contributed by atoms with E-state index in [1.807, 2.05) is 0 Å². The summed E-state index contributed by atoms with van der Waals surface area (Å²) in [6.07, 6.45) is 0. The van der Waals surface area contributed by atoms with Gasteiger partial charge in [0.1, 0.15) is 5.82 Å². The van der Waals surface area contributed by atoms with Crippen molar-refractivity contribution in [1.29, 1.82) is 0 Å². The summed E-state index contributed by atoms with van der Waals surface area (Å²) >= 11 is 0. The topological polar surface area (TPSA) is 0 Å². The minimum Gasteiger partial charge on any atom is -0.206 e. The van der Waals surface area contributed by atoms with Crippen LogP contribution in [0.1, 0.15) is 22.6 Å². The van der Waals surface area contributed by atoms with Crippen molar-refractivity contribution in [1.82, 2.24) is 0 Å². The fourth-order valence-corrected chi connectivity index (χ4v) is 4.24. The summed E-state index contributed by atoms with van der Waals surface area (Å²) in [6.45, 7) is 0. The number of rotatable bonds is 1. The van der Waals surface area contributed by atoms with E-state index in [0.717, 1.165) is 12.1 Å². The Balaban J connectivity index is 1.87. The molecule has 0 N–H and O–H groups in total. The maximum atomic E-state index is 14.8. The standard InChI is InChI=1S/C23H8F8/c24-12-6-8(5-9-7-13(25)18(26)19(27)15(9)12)14-10-3-1-2-4-11(10)16-17(14)21(29)23(31)22(30)20(16)28/h1-7,14H. The van der Waals surface area contributed by atoms with Gasteiger partial charge in [-0.25, -0.2) is 35.1 Å². The summed E-state index contributed by atoms with van der Waals surface area (Å²) in [7, 11) is 0. The van der Waals surface area contributed by atoms with E-state index in [1.165, 1.54) is 24.3 Å². The normalized spacial score (nSPS) is 14.8. The highest BCUT2D eigenvalue weighted by Gasteiger charge is 2.39. The maximum absolute atomic E-state index is 14.8. The van der Waals surface area contributed by atoms with Crippen molar-refractivity contribution in [2.45, 2.75) is 5.92 Å². The van der Waals surface area contributed by atoms with Crippen LogP contribution in [0.4, 0.5) is 35.1 Å². The minimum absolute atomic E-state index is 0.0646. The molecule has 31 heavy (non-hydrogen) atoms. The molecule has 1 unspecified atom stereocenters. The maximum Gasteiger partial charge on any atom is 0.198 e. The van der Waals surface area contributed by atoms with E-state index in [9.17, 15) is 35.1 Å². The third-order valence-electron chi connectivity index (χ3n) is 5.51. The lowest BCUT2D eigenvalue weighted by Crippen LogP contribution is -2.08. The minimum atomic E-state index is -2.03. The number of halogens is 8. The molecule has 0 saturated carbocycles. The first-order chi connectivity index (χ1) is 14.7. The van der Waals surface area contributed by atoms with Crippen LogP contribution in [0.15, 0.2) is 42.5 Å². The summed E-state index contributed by atoms with van der Waals surface area (Å²) < 4.78 is 113. The van der Waals surface area contributed by atoms with Gasteiger partial charge in [0.15, 0.2) is 40.7 Å². The monoisotopic (exact) mass is 436 g/mol. The quantitative estimate of drug-likeness (QED) is 0.149. The fourth-order valence-electron chi connectivity index (χ4n) is 4.24. The number of hydrogen-bond donors (Lipinski definition) is 0. The Morgan fingerprint density at radius 2 is 1.26 bits per heavy atom. The molecule has 1 aliphatic rings. The Kier molecular flexibility index (Phi) is 4.12. The van der Waals surface area contributed by atoms with Crippen LogP contribution in [0.3, 0.4) is 0 Å². The summed E-state index contributed by atoms with van der Waals surface area (Å²) in [4.78, 5) is 0. The zero-order valence-corrected chi connectivity index (χ0v) is 15.1. The summed E-state index contributed by atoms with van der Waals surface area (Å²) in [5, 5.41) is -1.20. The number of hydrogen-bond acceptors (Lipinski definition) is 0. The fraction of sp³-hybridized carbons (Fsp3) is 0.0435. The average Bonchev–Trinajstić information content (AvgIpc) is 3.09. The molecule has 156 valence electrons. The third-order valence-corrected chi connectivity index (χ3v) is 5.51. The van der Waals surface area contributed by atoms with Gasteiger partial charge in [0.2, 0.25) is 0 Å². The zero-order chi connectivity index (χ0) is 22.2. The van der Waals surface area contributed by atoms with Gasteiger partial charge in [-0.15, -0.1) is 0 Å². The molecular weight excluding hydrogens is 428 g/mol. The first-order valence-corrected chi connectivity index (χ1v) is 8.94. The molecule has 0 heterocycles. The van der Waals surface area contributed by atoms with Gasteiger partial charge in [-0.2, -0.15) is 0 Å². The first-order valence-electron chi connectivity index (χ1n) is 8.94. The molecule has 0 spiro atoms. The number of fused-ring (bicyclic) bond motifs is 4. The molecule has 0 nitrogen and oxygen atoms in total. The molecule has 4 aromatic rings. The van der Waals surface area contributed by atoms with Crippen LogP contribution in [-0.2, 0) is 0 Å². The zero-order valence-electron chi connectivity index (χ0n) is 15.1. The second kappa shape index (κ2) is 6.54. The van der Waals surface area contributed by atoms with Crippen LogP contribution < -0.4 is 0 Å². The Morgan fingerprint density at radius 1 is 0.581 bits per heavy atom. The lowest BCUT2D eigenvalue weighted by Gasteiger charge is -2.17. The van der Waals surface area contributed by atoms with E-state index in [0.29, 0.717) is 6.07 Å². The van der Waals surface area contributed by atoms with Gasteiger partial charge in [0.25, 0.3) is 0 Å². The largest absolute Gasteiger partial charge is 0.206 e. The van der Waals surface area contributed by atoms with Gasteiger partial charge in [-0.1, -0.05) is 24.3 Å². The van der Waals surface area contributed by atoms with E-state index in [1.54, 1.807) is 0 Å². The number of benzene rings is 4. The Bertz CT molecular complexity index is 1420. The highest BCUT2D eigenvalue weighted by Crippen LogP contribution is 2.51. The van der Waals surface area contributed by atoms with Crippen LogP contribution in [0.2, 0.25) is 0 Å². The Morgan fingerprint density at radius 3 is 2.00 bits per heavy atom. The van der Waals surface area contributed by atoms with Crippen LogP contribution in [-0.4, -0.2) is 0 Å². The van der Waals surface area contributed by atoms with E-state index in [2.05, 4.69) is 0 Å². The lowest BCUT2D eigenvalue weighted by atomic mass is 9.87. The van der Waals surface area contributed by atoms with Crippen LogP contribution in [0.5, 0.6) is 0 Å². The van der Waals surface area contributed by atoms with Crippen LogP contribution in [0.25, 0.3) is 21.9 Å². The van der Waals surface area contributed by atoms with Gasteiger partial charge in [-0.3, -0.25) is 0 Å². The second-order valence-electron chi connectivity index (χ2n) is 7.15. The lowest BCUT2D eigenvalue weighted by molar-refractivity contribution is 0.406. The highest BCUT2D eigenvalue weighted by atomic mass is 19.2. The van der Waals surface area contributed by atoms with Gasteiger partial charge in [0.05, 0.1) is 5.39 Å². The molecule has 8 heteroatoms.